The highest BCUT2D eigenvalue weighted by Gasteiger charge is 2.50. The first-order chi connectivity index (χ1) is 17.7. The summed E-state index contributed by atoms with van der Waals surface area (Å²) >= 11 is 0. The number of esters is 1. The van der Waals surface area contributed by atoms with Crippen molar-refractivity contribution in [1.82, 2.24) is 0 Å². The topological polar surface area (TPSA) is 119 Å². The number of fused-ring (bicyclic) bond motifs is 2. The molecule has 0 fully saturated rings. The van der Waals surface area contributed by atoms with Crippen LogP contribution in [0.4, 0.5) is 18.9 Å². The molecule has 1 N–H and O–H groups in total. The maximum atomic E-state index is 13.8. The van der Waals surface area contributed by atoms with Gasteiger partial charge in [0.1, 0.15) is 17.6 Å². The largest absolute Gasteiger partial charge is 0.493 e. The van der Waals surface area contributed by atoms with Gasteiger partial charge in [-0.05, 0) is 61.7 Å². The van der Waals surface area contributed by atoms with E-state index in [9.17, 15) is 31.2 Å². The number of anilines is 1. The molecule has 0 saturated heterocycles. The number of hydrogen-bond acceptors (Lipinski definition) is 7. The van der Waals surface area contributed by atoms with Crippen LogP contribution in [-0.4, -0.2) is 56.5 Å². The van der Waals surface area contributed by atoms with Crippen molar-refractivity contribution in [2.45, 2.75) is 62.3 Å². The van der Waals surface area contributed by atoms with Gasteiger partial charge in [0.25, 0.3) is 10.0 Å². The highest BCUT2D eigenvalue weighted by atomic mass is 32.2. The molecule has 0 saturated carbocycles. The summed E-state index contributed by atoms with van der Waals surface area (Å²) in [6.45, 7) is 1.70. The quantitative estimate of drug-likeness (QED) is 0.486. The molecule has 0 spiro atoms. The Morgan fingerprint density at radius 3 is 2.53 bits per heavy atom. The van der Waals surface area contributed by atoms with Gasteiger partial charge in [0, 0.05) is 12.8 Å². The fourth-order valence-electron chi connectivity index (χ4n) is 4.13. The minimum atomic E-state index is -4.77. The van der Waals surface area contributed by atoms with Crippen molar-refractivity contribution in [1.29, 1.82) is 0 Å². The molecule has 206 valence electrons. The van der Waals surface area contributed by atoms with Crippen molar-refractivity contribution in [2.24, 2.45) is 0 Å². The maximum Gasteiger partial charge on any atom is 0.427 e. The Labute approximate surface area is 217 Å². The van der Waals surface area contributed by atoms with Crippen LogP contribution in [0, 0.1) is 0 Å². The normalized spacial score (nSPS) is 17.2. The van der Waals surface area contributed by atoms with Gasteiger partial charge in [-0.2, -0.15) is 13.2 Å². The third-order valence-corrected chi connectivity index (χ3v) is 8.06. The van der Waals surface area contributed by atoms with E-state index in [2.05, 4.69) is 4.74 Å². The molecule has 0 bridgehead atoms. The van der Waals surface area contributed by atoms with Gasteiger partial charge in [-0.3, -0.25) is 13.9 Å². The highest BCUT2D eigenvalue weighted by Crippen LogP contribution is 2.40. The van der Waals surface area contributed by atoms with E-state index in [0.29, 0.717) is 18.8 Å². The van der Waals surface area contributed by atoms with Crippen LogP contribution in [0.25, 0.3) is 0 Å². The molecule has 2 aromatic rings. The van der Waals surface area contributed by atoms with Crippen LogP contribution in [-0.2, 0) is 37.2 Å². The molecule has 13 heteroatoms. The van der Waals surface area contributed by atoms with Gasteiger partial charge >= 0.3 is 18.1 Å². The van der Waals surface area contributed by atoms with E-state index in [-0.39, 0.29) is 41.3 Å². The van der Waals surface area contributed by atoms with Crippen LogP contribution < -0.4 is 13.8 Å². The molecule has 2 aliphatic heterocycles. The van der Waals surface area contributed by atoms with Gasteiger partial charge in [-0.25, -0.2) is 8.42 Å². The maximum absolute atomic E-state index is 13.8. The number of ether oxygens (including phenoxy) is 3. The SMILES string of the molecule is CC(C)(OC(=O)Cc1ccc2c(c1)N(S(=O)(=O)c1ccc3c(c1)CCO3)C[C@H](CCC(=O)O)O2)C(F)(F)F. The van der Waals surface area contributed by atoms with Crippen molar-refractivity contribution in [2.75, 3.05) is 17.5 Å². The minimum absolute atomic E-state index is 0.0108. The minimum Gasteiger partial charge on any atom is -0.493 e. The first-order valence-electron chi connectivity index (χ1n) is 11.8. The summed E-state index contributed by atoms with van der Waals surface area (Å²) in [6.07, 6.45) is -5.75. The molecular formula is C25H26F3NO8S. The lowest BCUT2D eigenvalue weighted by Crippen LogP contribution is -2.44. The van der Waals surface area contributed by atoms with Crippen LogP contribution in [0.15, 0.2) is 41.3 Å². The van der Waals surface area contributed by atoms with Crippen LogP contribution in [0.2, 0.25) is 0 Å². The van der Waals surface area contributed by atoms with Crippen molar-refractivity contribution in [3.63, 3.8) is 0 Å². The number of halogens is 3. The molecule has 2 heterocycles. The predicted molar refractivity (Wildman–Crippen MR) is 128 cm³/mol. The second-order valence-corrected chi connectivity index (χ2v) is 11.4. The third-order valence-electron chi connectivity index (χ3n) is 6.28. The lowest BCUT2D eigenvalue weighted by Gasteiger charge is -2.36. The number of rotatable bonds is 8. The summed E-state index contributed by atoms with van der Waals surface area (Å²) in [5, 5.41) is 9.07. The highest BCUT2D eigenvalue weighted by molar-refractivity contribution is 7.92. The van der Waals surface area contributed by atoms with Crippen molar-refractivity contribution in [3.8, 4) is 11.5 Å². The molecule has 4 rings (SSSR count). The Kier molecular flexibility index (Phi) is 7.26. The van der Waals surface area contributed by atoms with Crippen molar-refractivity contribution < 1.29 is 50.5 Å². The summed E-state index contributed by atoms with van der Waals surface area (Å²) < 4.78 is 83.9. The Morgan fingerprint density at radius 1 is 1.13 bits per heavy atom. The molecule has 38 heavy (non-hydrogen) atoms. The number of carboxylic acids is 1. The molecule has 9 nitrogen and oxygen atoms in total. The van der Waals surface area contributed by atoms with E-state index < -0.39 is 46.3 Å². The number of nitrogens with zero attached hydrogens (tertiary/aromatic N) is 1. The van der Waals surface area contributed by atoms with Crippen molar-refractivity contribution in [3.05, 3.63) is 47.5 Å². The van der Waals surface area contributed by atoms with Gasteiger partial charge in [0.05, 0.1) is 30.2 Å². The Morgan fingerprint density at radius 2 is 1.84 bits per heavy atom. The van der Waals surface area contributed by atoms with Gasteiger partial charge in [-0.15, -0.1) is 0 Å². The average molecular weight is 558 g/mol. The fraction of sp³-hybridized carbons (Fsp3) is 0.440. The average Bonchev–Trinajstić information content (AvgIpc) is 3.29. The zero-order valence-corrected chi connectivity index (χ0v) is 21.4. The molecule has 2 aliphatic rings. The van der Waals surface area contributed by atoms with E-state index in [1.165, 1.54) is 30.3 Å². The van der Waals surface area contributed by atoms with Gasteiger partial charge in [0.2, 0.25) is 5.60 Å². The van der Waals surface area contributed by atoms with E-state index in [4.69, 9.17) is 14.6 Å². The smallest absolute Gasteiger partial charge is 0.427 e. The van der Waals surface area contributed by atoms with E-state index in [1.807, 2.05) is 0 Å². The molecule has 1 atom stereocenters. The molecule has 0 aliphatic carbocycles. The number of carbonyl (C=O) groups excluding carboxylic acids is 1. The monoisotopic (exact) mass is 557 g/mol. The fourth-order valence-corrected chi connectivity index (χ4v) is 5.68. The van der Waals surface area contributed by atoms with Gasteiger partial charge in [0.15, 0.2) is 0 Å². The number of carbonyl (C=O) groups is 2. The number of carboxylic acid groups (broad SMARTS) is 1. The zero-order valence-electron chi connectivity index (χ0n) is 20.6. The van der Waals surface area contributed by atoms with E-state index in [0.717, 1.165) is 23.7 Å². The van der Waals surface area contributed by atoms with Gasteiger partial charge < -0.3 is 19.3 Å². The lowest BCUT2D eigenvalue weighted by molar-refractivity contribution is -0.257. The first-order valence-corrected chi connectivity index (χ1v) is 13.2. The Balaban J connectivity index is 1.66. The second kappa shape index (κ2) is 10.0. The van der Waals surface area contributed by atoms with Crippen LogP contribution in [0.1, 0.15) is 37.8 Å². The zero-order chi connectivity index (χ0) is 27.9. The number of sulfonamides is 1. The number of aliphatic carboxylic acids is 1. The Hall–Kier alpha value is -3.48. The summed E-state index contributed by atoms with van der Waals surface area (Å²) in [6, 6.07) is 8.64. The second-order valence-electron chi connectivity index (χ2n) is 9.54. The first kappa shape index (κ1) is 27.6. The van der Waals surface area contributed by atoms with Crippen molar-refractivity contribution >= 4 is 27.6 Å². The molecule has 0 radical (unpaired) electrons. The summed E-state index contributed by atoms with van der Waals surface area (Å²) in [7, 11) is -4.18. The lowest BCUT2D eigenvalue weighted by atomic mass is 10.1. The number of benzene rings is 2. The van der Waals surface area contributed by atoms with Crippen LogP contribution >= 0.6 is 0 Å². The third kappa shape index (κ3) is 5.66. The standard InChI is InChI=1S/C25H26F3NO8S/c1-24(2,25(26,27)28)37-23(32)12-15-3-6-21-19(11-15)29(14-17(36-21)4-8-22(30)31)38(33,34)18-5-7-20-16(13-18)9-10-35-20/h3,5-7,11,13,17H,4,8-10,12,14H2,1-2H3,(H,30,31)/t17-/m0/s1. The molecule has 0 unspecified atom stereocenters. The summed E-state index contributed by atoms with van der Waals surface area (Å²) in [4.78, 5) is 23.4. The molecule has 0 amide bonds. The number of hydrogen-bond donors (Lipinski definition) is 1. The van der Waals surface area contributed by atoms with E-state index in [1.54, 1.807) is 6.07 Å². The predicted octanol–water partition coefficient (Wildman–Crippen LogP) is 3.87. The van der Waals surface area contributed by atoms with Crippen LogP contribution in [0.5, 0.6) is 11.5 Å². The van der Waals surface area contributed by atoms with E-state index >= 15 is 0 Å². The molecular weight excluding hydrogens is 531 g/mol. The van der Waals surface area contributed by atoms with Crippen LogP contribution in [0.3, 0.4) is 0 Å². The number of alkyl halides is 3. The summed E-state index contributed by atoms with van der Waals surface area (Å²) in [5.41, 5.74) is -1.69. The Bertz CT molecular complexity index is 1360. The molecule has 2 aromatic carbocycles. The molecule has 0 aromatic heterocycles. The summed E-state index contributed by atoms with van der Waals surface area (Å²) in [5.74, 6) is -1.49. The van der Waals surface area contributed by atoms with Gasteiger partial charge in [-0.1, -0.05) is 6.07 Å².